The van der Waals surface area contributed by atoms with Crippen molar-refractivity contribution >= 4 is 11.3 Å². The van der Waals surface area contributed by atoms with Crippen LogP contribution in [0.4, 0.5) is 0 Å². The highest BCUT2D eigenvalue weighted by Gasteiger charge is 2.43. The summed E-state index contributed by atoms with van der Waals surface area (Å²) in [6.45, 7) is 6.42. The average Bonchev–Trinajstić information content (AvgIpc) is 3.30. The smallest absolute Gasteiger partial charge is 0.118 e. The molecule has 0 aromatic carbocycles. The SMILES string of the molecule is c1csc(COC[C@@H]2CC[C@@H]3[C@H]2OCCN3C[C@H]2CCOC2)n1. The van der Waals surface area contributed by atoms with Crippen LogP contribution in [-0.2, 0) is 20.8 Å². The number of morpholine rings is 1. The fraction of sp³-hybridized carbons (Fsp3) is 0.824. The number of rotatable bonds is 6. The summed E-state index contributed by atoms with van der Waals surface area (Å²) in [7, 11) is 0. The van der Waals surface area contributed by atoms with Gasteiger partial charge in [0.25, 0.3) is 0 Å². The molecule has 0 bridgehead atoms. The number of fused-ring (bicyclic) bond motifs is 1. The lowest BCUT2D eigenvalue weighted by molar-refractivity contribution is -0.0899. The zero-order valence-corrected chi connectivity index (χ0v) is 14.4. The second-order valence-electron chi connectivity index (χ2n) is 6.91. The minimum atomic E-state index is 0.349. The summed E-state index contributed by atoms with van der Waals surface area (Å²) in [5.74, 6) is 1.25. The Bertz CT molecular complexity index is 478. The van der Waals surface area contributed by atoms with Gasteiger partial charge in [-0.15, -0.1) is 11.3 Å². The quantitative estimate of drug-likeness (QED) is 0.795. The van der Waals surface area contributed by atoms with Crippen LogP contribution in [0.25, 0.3) is 0 Å². The van der Waals surface area contributed by atoms with Gasteiger partial charge in [-0.25, -0.2) is 4.98 Å². The van der Waals surface area contributed by atoms with Crippen molar-refractivity contribution in [2.24, 2.45) is 11.8 Å². The molecule has 6 heteroatoms. The van der Waals surface area contributed by atoms with Crippen LogP contribution in [-0.4, -0.2) is 61.5 Å². The van der Waals surface area contributed by atoms with E-state index in [-0.39, 0.29) is 0 Å². The number of ether oxygens (including phenoxy) is 3. The Morgan fingerprint density at radius 2 is 2.30 bits per heavy atom. The van der Waals surface area contributed by atoms with Crippen LogP contribution in [0.15, 0.2) is 11.6 Å². The summed E-state index contributed by atoms with van der Waals surface area (Å²) in [5, 5.41) is 3.06. The van der Waals surface area contributed by atoms with E-state index in [1.807, 2.05) is 11.6 Å². The molecule has 3 aliphatic rings. The zero-order chi connectivity index (χ0) is 15.5. The van der Waals surface area contributed by atoms with Crippen molar-refractivity contribution in [3.05, 3.63) is 16.6 Å². The maximum Gasteiger partial charge on any atom is 0.118 e. The van der Waals surface area contributed by atoms with E-state index < -0.39 is 0 Å². The van der Waals surface area contributed by atoms with Crippen LogP contribution >= 0.6 is 11.3 Å². The normalized spacial score (nSPS) is 34.8. The average molecular weight is 338 g/mol. The highest BCUT2D eigenvalue weighted by atomic mass is 32.1. The van der Waals surface area contributed by atoms with E-state index in [4.69, 9.17) is 14.2 Å². The van der Waals surface area contributed by atoms with Gasteiger partial charge < -0.3 is 14.2 Å². The largest absolute Gasteiger partial charge is 0.381 e. The second kappa shape index (κ2) is 7.57. The number of hydrogen-bond donors (Lipinski definition) is 0. The highest BCUT2D eigenvalue weighted by Crippen LogP contribution is 2.35. The standard InChI is InChI=1S/C17H26N2O3S/c1-2-15-17(14(1)11-21-12-16-18-4-8-23-16)22-7-5-19(15)9-13-3-6-20-10-13/h4,8,13-15,17H,1-3,5-7,9-12H2/t13-,14+,15-,17+/m1/s1. The van der Waals surface area contributed by atoms with Gasteiger partial charge in [0.05, 0.1) is 32.5 Å². The van der Waals surface area contributed by atoms with Gasteiger partial charge in [-0.05, 0) is 25.2 Å². The van der Waals surface area contributed by atoms with Crippen LogP contribution in [0.1, 0.15) is 24.3 Å². The van der Waals surface area contributed by atoms with Crippen molar-refractivity contribution in [1.29, 1.82) is 0 Å². The van der Waals surface area contributed by atoms with Gasteiger partial charge in [-0.2, -0.15) is 0 Å². The summed E-state index contributed by atoms with van der Waals surface area (Å²) in [5.41, 5.74) is 0. The molecule has 0 N–H and O–H groups in total. The first-order chi connectivity index (χ1) is 11.4. The molecule has 23 heavy (non-hydrogen) atoms. The molecule has 4 atom stereocenters. The fourth-order valence-corrected chi connectivity index (χ4v) is 4.77. The molecule has 2 aliphatic heterocycles. The third-order valence-corrected chi connectivity index (χ3v) is 6.15. The van der Waals surface area contributed by atoms with Gasteiger partial charge >= 0.3 is 0 Å². The minimum Gasteiger partial charge on any atom is -0.381 e. The summed E-state index contributed by atoms with van der Waals surface area (Å²) >= 11 is 1.66. The Balaban J connectivity index is 1.28. The van der Waals surface area contributed by atoms with Crippen molar-refractivity contribution in [2.45, 2.75) is 38.0 Å². The molecule has 3 fully saturated rings. The van der Waals surface area contributed by atoms with E-state index in [9.17, 15) is 0 Å². The van der Waals surface area contributed by atoms with Crippen molar-refractivity contribution in [2.75, 3.05) is 39.5 Å². The molecule has 1 saturated carbocycles. The second-order valence-corrected chi connectivity index (χ2v) is 7.88. The van der Waals surface area contributed by atoms with E-state index in [1.165, 1.54) is 25.8 Å². The Hall–Kier alpha value is -0.530. The van der Waals surface area contributed by atoms with Gasteiger partial charge in [0.1, 0.15) is 5.01 Å². The Kier molecular flexibility index (Phi) is 5.26. The van der Waals surface area contributed by atoms with Crippen molar-refractivity contribution in [3.63, 3.8) is 0 Å². The number of aromatic nitrogens is 1. The predicted molar refractivity (Wildman–Crippen MR) is 88.5 cm³/mol. The molecular formula is C17H26N2O3S. The van der Waals surface area contributed by atoms with E-state index in [2.05, 4.69) is 9.88 Å². The van der Waals surface area contributed by atoms with Crippen LogP contribution in [0.2, 0.25) is 0 Å². The molecule has 1 aromatic heterocycles. The van der Waals surface area contributed by atoms with Crippen molar-refractivity contribution in [3.8, 4) is 0 Å². The molecule has 0 amide bonds. The lowest BCUT2D eigenvalue weighted by Gasteiger charge is -2.40. The number of hydrogen-bond acceptors (Lipinski definition) is 6. The molecule has 0 radical (unpaired) electrons. The molecule has 0 spiro atoms. The Morgan fingerprint density at radius 3 is 3.13 bits per heavy atom. The first-order valence-electron chi connectivity index (χ1n) is 8.79. The third-order valence-electron chi connectivity index (χ3n) is 5.39. The monoisotopic (exact) mass is 338 g/mol. The first kappa shape index (κ1) is 16.0. The van der Waals surface area contributed by atoms with Crippen LogP contribution in [0, 0.1) is 11.8 Å². The van der Waals surface area contributed by atoms with Gasteiger partial charge in [-0.3, -0.25) is 4.90 Å². The van der Waals surface area contributed by atoms with E-state index in [1.54, 1.807) is 11.3 Å². The van der Waals surface area contributed by atoms with E-state index in [0.717, 1.165) is 38.0 Å². The van der Waals surface area contributed by atoms with E-state index >= 15 is 0 Å². The molecule has 3 heterocycles. The Morgan fingerprint density at radius 1 is 1.30 bits per heavy atom. The van der Waals surface area contributed by atoms with Gasteiger partial charge in [0.2, 0.25) is 0 Å². The summed E-state index contributed by atoms with van der Waals surface area (Å²) in [6, 6.07) is 0.581. The van der Waals surface area contributed by atoms with Crippen LogP contribution in [0.5, 0.6) is 0 Å². The van der Waals surface area contributed by atoms with Gasteiger partial charge in [0, 0.05) is 43.2 Å². The topological polar surface area (TPSA) is 43.8 Å². The summed E-state index contributed by atoms with van der Waals surface area (Å²) in [4.78, 5) is 6.93. The maximum absolute atomic E-state index is 6.13. The zero-order valence-electron chi connectivity index (χ0n) is 13.6. The lowest BCUT2D eigenvalue weighted by Crippen LogP contribution is -2.52. The summed E-state index contributed by atoms with van der Waals surface area (Å²) < 4.78 is 17.6. The fourth-order valence-electron chi connectivity index (χ4n) is 4.22. The first-order valence-corrected chi connectivity index (χ1v) is 9.67. The van der Waals surface area contributed by atoms with Crippen LogP contribution in [0.3, 0.4) is 0 Å². The molecule has 1 aromatic rings. The molecule has 1 aliphatic carbocycles. The van der Waals surface area contributed by atoms with Gasteiger partial charge in [0.15, 0.2) is 0 Å². The maximum atomic E-state index is 6.13. The van der Waals surface area contributed by atoms with Crippen LogP contribution < -0.4 is 0 Å². The molecule has 5 nitrogen and oxygen atoms in total. The summed E-state index contributed by atoms with van der Waals surface area (Å²) in [6.07, 6.45) is 5.86. The molecule has 128 valence electrons. The van der Waals surface area contributed by atoms with Gasteiger partial charge in [-0.1, -0.05) is 0 Å². The lowest BCUT2D eigenvalue weighted by atomic mass is 10.0. The van der Waals surface area contributed by atoms with Crippen molar-refractivity contribution < 1.29 is 14.2 Å². The predicted octanol–water partition coefficient (Wildman–Crippen LogP) is 2.18. The van der Waals surface area contributed by atoms with E-state index in [0.29, 0.717) is 30.6 Å². The van der Waals surface area contributed by atoms with Crippen molar-refractivity contribution in [1.82, 2.24) is 9.88 Å². The molecule has 0 unspecified atom stereocenters. The minimum absolute atomic E-state index is 0.349. The third kappa shape index (κ3) is 3.77. The molecular weight excluding hydrogens is 312 g/mol. The highest BCUT2D eigenvalue weighted by molar-refractivity contribution is 7.09. The molecule has 2 saturated heterocycles. The molecule has 4 rings (SSSR count). The Labute approximate surface area is 141 Å². The number of nitrogens with zero attached hydrogens (tertiary/aromatic N) is 2. The number of thiazole rings is 1.